The summed E-state index contributed by atoms with van der Waals surface area (Å²) in [5.74, 6) is 3.22. The first-order chi connectivity index (χ1) is 10.2. The second-order valence-electron chi connectivity index (χ2n) is 5.31. The molecule has 21 heavy (non-hydrogen) atoms. The fourth-order valence-corrected chi connectivity index (χ4v) is 2.95. The molecule has 1 saturated carbocycles. The van der Waals surface area contributed by atoms with Crippen molar-refractivity contribution in [3.8, 4) is 17.2 Å². The van der Waals surface area contributed by atoms with Gasteiger partial charge in [0.2, 0.25) is 0 Å². The van der Waals surface area contributed by atoms with Crippen LogP contribution in [0.3, 0.4) is 0 Å². The van der Waals surface area contributed by atoms with E-state index < -0.39 is 0 Å². The second kappa shape index (κ2) is 6.10. The highest BCUT2D eigenvalue weighted by Gasteiger charge is 2.28. The number of benzene rings is 1. The fraction of sp³-hybridized carbons (Fsp3) is 0.500. The van der Waals surface area contributed by atoms with Crippen LogP contribution < -0.4 is 19.5 Å². The van der Waals surface area contributed by atoms with Crippen molar-refractivity contribution >= 4 is 17.5 Å². The number of fused-ring (bicyclic) bond motifs is 1. The third-order valence-electron chi connectivity index (χ3n) is 3.67. The Hall–Kier alpha value is -1.49. The molecule has 1 aliphatic heterocycles. The molecule has 1 aliphatic carbocycles. The van der Waals surface area contributed by atoms with E-state index in [2.05, 4.69) is 17.6 Å². The zero-order chi connectivity index (χ0) is 14.8. The molecule has 1 heterocycles. The number of ether oxygens (including phenoxy) is 3. The molecule has 0 spiro atoms. The SMILES string of the molecule is COc1cc2c(cc1OC)C(NC1CC1)=CC(CSC)O2. The van der Waals surface area contributed by atoms with Gasteiger partial charge in [0, 0.05) is 29.1 Å². The van der Waals surface area contributed by atoms with Crippen LogP contribution in [0.25, 0.3) is 5.70 Å². The first-order valence-corrected chi connectivity index (χ1v) is 8.55. The van der Waals surface area contributed by atoms with Gasteiger partial charge in [-0.3, -0.25) is 0 Å². The first-order valence-electron chi connectivity index (χ1n) is 7.15. The Morgan fingerprint density at radius 3 is 2.57 bits per heavy atom. The van der Waals surface area contributed by atoms with Crippen molar-refractivity contribution in [2.24, 2.45) is 0 Å². The maximum absolute atomic E-state index is 6.07. The van der Waals surface area contributed by atoms with Crippen LogP contribution in [-0.2, 0) is 0 Å². The van der Waals surface area contributed by atoms with E-state index in [1.165, 1.54) is 12.8 Å². The van der Waals surface area contributed by atoms with Crippen molar-refractivity contribution in [1.82, 2.24) is 5.32 Å². The van der Waals surface area contributed by atoms with E-state index in [0.717, 1.165) is 28.5 Å². The number of hydrogen-bond donors (Lipinski definition) is 1. The highest BCUT2D eigenvalue weighted by Crippen LogP contribution is 2.41. The normalized spacial score (nSPS) is 20.1. The molecule has 2 aliphatic rings. The van der Waals surface area contributed by atoms with E-state index in [0.29, 0.717) is 11.8 Å². The van der Waals surface area contributed by atoms with Crippen LogP contribution in [0.5, 0.6) is 17.2 Å². The van der Waals surface area contributed by atoms with E-state index in [9.17, 15) is 0 Å². The summed E-state index contributed by atoms with van der Waals surface area (Å²) in [5.41, 5.74) is 2.20. The lowest BCUT2D eigenvalue weighted by Gasteiger charge is -2.27. The topological polar surface area (TPSA) is 39.7 Å². The van der Waals surface area contributed by atoms with Gasteiger partial charge in [0.05, 0.1) is 14.2 Å². The average Bonchev–Trinajstić information content (AvgIpc) is 3.30. The van der Waals surface area contributed by atoms with Gasteiger partial charge in [-0.2, -0.15) is 11.8 Å². The lowest BCUT2D eigenvalue weighted by atomic mass is 10.0. The average molecular weight is 307 g/mol. The van der Waals surface area contributed by atoms with Crippen molar-refractivity contribution in [2.45, 2.75) is 25.0 Å². The number of methoxy groups -OCH3 is 2. The van der Waals surface area contributed by atoms with E-state index in [4.69, 9.17) is 14.2 Å². The molecule has 1 unspecified atom stereocenters. The van der Waals surface area contributed by atoms with Gasteiger partial charge in [-0.05, 0) is 31.2 Å². The standard InChI is InChI=1S/C16H21NO3S/c1-18-15-7-12-13(17-10-4-5-10)6-11(9-21-3)20-14(12)8-16(15)19-2/h6-8,10-11,17H,4-5,9H2,1-3H3. The van der Waals surface area contributed by atoms with Crippen LogP contribution in [0, 0.1) is 0 Å². The largest absolute Gasteiger partial charge is 0.493 e. The second-order valence-corrected chi connectivity index (χ2v) is 6.22. The van der Waals surface area contributed by atoms with Gasteiger partial charge in [0.25, 0.3) is 0 Å². The number of rotatable bonds is 6. The highest BCUT2D eigenvalue weighted by molar-refractivity contribution is 7.98. The van der Waals surface area contributed by atoms with E-state index >= 15 is 0 Å². The fourth-order valence-electron chi connectivity index (χ4n) is 2.46. The van der Waals surface area contributed by atoms with E-state index in [1.807, 2.05) is 12.1 Å². The summed E-state index contributed by atoms with van der Waals surface area (Å²) in [6, 6.07) is 4.51. The van der Waals surface area contributed by atoms with Crippen LogP contribution >= 0.6 is 11.8 Å². The van der Waals surface area contributed by atoms with Crippen LogP contribution in [0.4, 0.5) is 0 Å². The number of thioether (sulfide) groups is 1. The Morgan fingerprint density at radius 1 is 1.24 bits per heavy atom. The molecule has 1 atom stereocenters. The predicted octanol–water partition coefficient (Wildman–Crippen LogP) is 2.92. The van der Waals surface area contributed by atoms with E-state index in [1.54, 1.807) is 26.0 Å². The van der Waals surface area contributed by atoms with Gasteiger partial charge < -0.3 is 19.5 Å². The van der Waals surface area contributed by atoms with Gasteiger partial charge in [-0.25, -0.2) is 0 Å². The molecule has 114 valence electrons. The van der Waals surface area contributed by atoms with Crippen LogP contribution in [0.1, 0.15) is 18.4 Å². The maximum atomic E-state index is 6.07. The van der Waals surface area contributed by atoms with Gasteiger partial charge in [-0.15, -0.1) is 0 Å². The number of hydrogen-bond acceptors (Lipinski definition) is 5. The summed E-state index contributed by atoms with van der Waals surface area (Å²) in [6.07, 6.45) is 6.85. The maximum Gasteiger partial charge on any atom is 0.164 e. The molecule has 4 nitrogen and oxygen atoms in total. The minimum atomic E-state index is 0.0897. The van der Waals surface area contributed by atoms with Crippen LogP contribution in [0.2, 0.25) is 0 Å². The summed E-state index contributed by atoms with van der Waals surface area (Å²) in [4.78, 5) is 0. The highest BCUT2D eigenvalue weighted by atomic mass is 32.2. The molecule has 1 fully saturated rings. The molecule has 5 heteroatoms. The molecule has 0 radical (unpaired) electrons. The monoisotopic (exact) mass is 307 g/mol. The molecule has 0 amide bonds. The van der Waals surface area contributed by atoms with Gasteiger partial charge in [0.15, 0.2) is 11.5 Å². The molecule has 0 saturated heterocycles. The molecule has 1 N–H and O–H groups in total. The van der Waals surface area contributed by atoms with Gasteiger partial charge in [-0.1, -0.05) is 0 Å². The number of nitrogens with one attached hydrogen (secondary N) is 1. The zero-order valence-corrected chi connectivity index (χ0v) is 13.5. The molecule has 1 aromatic carbocycles. The summed E-state index contributed by atoms with van der Waals surface area (Å²) in [6.45, 7) is 0. The minimum Gasteiger partial charge on any atom is -0.493 e. The van der Waals surface area contributed by atoms with Gasteiger partial charge in [0.1, 0.15) is 11.9 Å². The van der Waals surface area contributed by atoms with Crippen molar-refractivity contribution in [3.05, 3.63) is 23.8 Å². The van der Waals surface area contributed by atoms with Crippen molar-refractivity contribution in [2.75, 3.05) is 26.2 Å². The van der Waals surface area contributed by atoms with Crippen LogP contribution in [0.15, 0.2) is 18.2 Å². The van der Waals surface area contributed by atoms with Crippen molar-refractivity contribution in [3.63, 3.8) is 0 Å². The Morgan fingerprint density at radius 2 is 1.95 bits per heavy atom. The Balaban J connectivity index is 1.97. The molecule has 1 aromatic rings. The molecule has 3 rings (SSSR count). The quantitative estimate of drug-likeness (QED) is 0.875. The summed E-state index contributed by atoms with van der Waals surface area (Å²) in [7, 11) is 3.30. The smallest absolute Gasteiger partial charge is 0.164 e. The third kappa shape index (κ3) is 3.07. The summed E-state index contributed by atoms with van der Waals surface area (Å²) < 4.78 is 16.9. The Kier molecular flexibility index (Phi) is 4.19. The van der Waals surface area contributed by atoms with Crippen molar-refractivity contribution in [1.29, 1.82) is 0 Å². The lowest BCUT2D eigenvalue weighted by Crippen LogP contribution is -2.26. The molecular weight excluding hydrogens is 286 g/mol. The Labute approximate surface area is 129 Å². The molecule has 0 bridgehead atoms. The summed E-state index contributed by atoms with van der Waals surface area (Å²) in [5, 5.41) is 3.60. The van der Waals surface area contributed by atoms with Gasteiger partial charge >= 0.3 is 0 Å². The third-order valence-corrected chi connectivity index (χ3v) is 4.34. The summed E-state index contributed by atoms with van der Waals surface area (Å²) >= 11 is 1.78. The molecule has 0 aromatic heterocycles. The van der Waals surface area contributed by atoms with E-state index in [-0.39, 0.29) is 6.10 Å². The lowest BCUT2D eigenvalue weighted by molar-refractivity contribution is 0.265. The van der Waals surface area contributed by atoms with Crippen molar-refractivity contribution < 1.29 is 14.2 Å². The predicted molar refractivity (Wildman–Crippen MR) is 86.5 cm³/mol. The minimum absolute atomic E-state index is 0.0897. The first kappa shape index (κ1) is 14.4. The zero-order valence-electron chi connectivity index (χ0n) is 12.6. The molecular formula is C16H21NO3S. The Bertz CT molecular complexity index is 555. The van der Waals surface area contributed by atoms with Crippen LogP contribution in [-0.4, -0.2) is 38.4 Å².